The first-order chi connectivity index (χ1) is 11.1. The van der Waals surface area contributed by atoms with E-state index in [1.165, 1.54) is 11.1 Å². The Labute approximate surface area is 138 Å². The molecular formula is C17H13ClN4O. The number of hydrogen-bond donors (Lipinski definition) is 3. The maximum Gasteiger partial charge on any atom is 0.269 e. The number of nitrogens with zero attached hydrogens (tertiary/aromatic N) is 1. The zero-order valence-corrected chi connectivity index (χ0v) is 12.9. The van der Waals surface area contributed by atoms with E-state index in [1.54, 1.807) is 18.2 Å². The molecule has 6 heteroatoms. The molecule has 0 fully saturated rings. The summed E-state index contributed by atoms with van der Waals surface area (Å²) in [5, 5.41) is 19.4. The van der Waals surface area contributed by atoms with Gasteiger partial charge in [-0.3, -0.25) is 4.79 Å². The van der Waals surface area contributed by atoms with Crippen LogP contribution < -0.4 is 16.0 Å². The normalized spacial score (nSPS) is 21.3. The van der Waals surface area contributed by atoms with Crippen molar-refractivity contribution in [2.45, 2.75) is 18.6 Å². The van der Waals surface area contributed by atoms with Gasteiger partial charge in [-0.25, -0.2) is 0 Å². The van der Waals surface area contributed by atoms with Gasteiger partial charge in [0.25, 0.3) is 5.91 Å². The van der Waals surface area contributed by atoms with Crippen LogP contribution in [0.2, 0.25) is 5.02 Å². The summed E-state index contributed by atoms with van der Waals surface area (Å²) in [6, 6.07) is 13.1. The van der Waals surface area contributed by atoms with Crippen molar-refractivity contribution >= 4 is 28.9 Å². The van der Waals surface area contributed by atoms with Crippen molar-refractivity contribution in [1.29, 1.82) is 5.26 Å². The molecule has 1 atom stereocenters. The Balaban J connectivity index is 1.78. The second-order valence-corrected chi connectivity index (χ2v) is 6.15. The van der Waals surface area contributed by atoms with Gasteiger partial charge in [-0.05, 0) is 41.5 Å². The van der Waals surface area contributed by atoms with Crippen molar-refractivity contribution in [3.63, 3.8) is 0 Å². The quantitative estimate of drug-likeness (QED) is 0.794. The molecular weight excluding hydrogens is 312 g/mol. The molecule has 2 aliphatic heterocycles. The smallest absolute Gasteiger partial charge is 0.269 e. The van der Waals surface area contributed by atoms with Crippen LogP contribution in [0, 0.1) is 11.3 Å². The average Bonchev–Trinajstić information content (AvgIpc) is 3.11. The molecule has 0 radical (unpaired) electrons. The molecule has 0 bridgehead atoms. The molecule has 2 aromatic carbocycles. The van der Waals surface area contributed by atoms with Gasteiger partial charge in [0.2, 0.25) is 5.54 Å². The van der Waals surface area contributed by atoms with Crippen molar-refractivity contribution < 1.29 is 4.79 Å². The zero-order valence-electron chi connectivity index (χ0n) is 12.1. The third-order valence-corrected chi connectivity index (χ3v) is 4.55. The van der Waals surface area contributed by atoms with E-state index in [2.05, 4.69) is 22.0 Å². The van der Waals surface area contributed by atoms with E-state index in [0.29, 0.717) is 16.3 Å². The Bertz CT molecular complexity index is 873. The predicted molar refractivity (Wildman–Crippen MR) is 88.0 cm³/mol. The summed E-state index contributed by atoms with van der Waals surface area (Å²) in [6.45, 7) is 1.64. The lowest BCUT2D eigenvalue weighted by molar-refractivity contribution is -0.118. The van der Waals surface area contributed by atoms with E-state index in [-0.39, 0.29) is 0 Å². The molecule has 5 nitrogen and oxygen atoms in total. The number of hydrogen-bond acceptors (Lipinski definition) is 4. The molecule has 114 valence electrons. The van der Waals surface area contributed by atoms with Gasteiger partial charge in [0, 0.05) is 35.1 Å². The van der Waals surface area contributed by atoms with E-state index in [1.807, 2.05) is 18.2 Å². The molecule has 0 unspecified atom stereocenters. The number of anilines is 2. The number of rotatable bonds is 2. The SMILES string of the molecule is N#C[C@]1(Nc2ccc3c(c2)CNC3)C(=O)Nc2ccc(Cl)cc21. The second kappa shape index (κ2) is 4.98. The summed E-state index contributed by atoms with van der Waals surface area (Å²) in [4.78, 5) is 12.5. The highest BCUT2D eigenvalue weighted by Gasteiger charge is 2.48. The summed E-state index contributed by atoms with van der Waals surface area (Å²) >= 11 is 6.05. The monoisotopic (exact) mass is 324 g/mol. The Morgan fingerprint density at radius 2 is 2.00 bits per heavy atom. The fraction of sp³-hybridized carbons (Fsp3) is 0.176. The molecule has 1 amide bonds. The fourth-order valence-corrected chi connectivity index (χ4v) is 3.30. The van der Waals surface area contributed by atoms with Crippen molar-refractivity contribution in [2.24, 2.45) is 0 Å². The number of halogens is 1. The molecule has 0 saturated carbocycles. The standard InChI is InChI=1S/C17H13ClN4O/c18-12-2-4-15-14(6-12)17(9-19,16(23)21-15)22-13-3-1-10-7-20-8-11(10)5-13/h1-6,20,22H,7-8H2,(H,21,23)/t17-/m1/s1. The van der Waals surface area contributed by atoms with E-state index < -0.39 is 11.4 Å². The lowest BCUT2D eigenvalue weighted by Gasteiger charge is -2.22. The number of benzene rings is 2. The third-order valence-electron chi connectivity index (χ3n) is 4.31. The largest absolute Gasteiger partial charge is 0.356 e. The van der Waals surface area contributed by atoms with Gasteiger partial charge in [-0.2, -0.15) is 5.26 Å². The maximum atomic E-state index is 12.5. The maximum absolute atomic E-state index is 12.5. The number of fused-ring (bicyclic) bond motifs is 2. The first kappa shape index (κ1) is 14.1. The van der Waals surface area contributed by atoms with Crippen molar-refractivity contribution in [3.05, 3.63) is 58.1 Å². The van der Waals surface area contributed by atoms with Crippen molar-refractivity contribution in [1.82, 2.24) is 5.32 Å². The first-order valence-electron chi connectivity index (χ1n) is 7.26. The molecule has 2 aliphatic rings. The average molecular weight is 325 g/mol. The van der Waals surface area contributed by atoms with Gasteiger partial charge >= 0.3 is 0 Å². The van der Waals surface area contributed by atoms with E-state index in [9.17, 15) is 10.1 Å². The van der Waals surface area contributed by atoms with Crippen LogP contribution in [0.5, 0.6) is 0 Å². The molecule has 23 heavy (non-hydrogen) atoms. The molecule has 2 heterocycles. The van der Waals surface area contributed by atoms with Crippen molar-refractivity contribution in [2.75, 3.05) is 10.6 Å². The molecule has 0 aromatic heterocycles. The van der Waals surface area contributed by atoms with Gasteiger partial charge in [-0.15, -0.1) is 0 Å². The molecule has 4 rings (SSSR count). The first-order valence-corrected chi connectivity index (χ1v) is 7.63. The Kier molecular flexibility index (Phi) is 3.05. The summed E-state index contributed by atoms with van der Waals surface area (Å²) in [5.41, 5.74) is 2.83. The minimum atomic E-state index is -1.47. The summed E-state index contributed by atoms with van der Waals surface area (Å²) in [6.07, 6.45) is 0. The van der Waals surface area contributed by atoms with Gasteiger partial charge in [0.1, 0.15) is 6.07 Å². The number of nitriles is 1. The molecule has 3 N–H and O–H groups in total. The topological polar surface area (TPSA) is 77.0 Å². The minimum Gasteiger partial charge on any atom is -0.356 e. The van der Waals surface area contributed by atoms with Crippen LogP contribution in [0.4, 0.5) is 11.4 Å². The number of nitrogens with one attached hydrogen (secondary N) is 3. The zero-order chi connectivity index (χ0) is 16.0. The molecule has 0 spiro atoms. The van der Waals surface area contributed by atoms with Crippen LogP contribution in [0.15, 0.2) is 36.4 Å². The fourth-order valence-electron chi connectivity index (χ4n) is 3.13. The van der Waals surface area contributed by atoms with Crippen LogP contribution in [0.25, 0.3) is 0 Å². The molecule has 0 aliphatic carbocycles. The summed E-state index contributed by atoms with van der Waals surface area (Å²) < 4.78 is 0. The lowest BCUT2D eigenvalue weighted by Crippen LogP contribution is -2.40. The van der Waals surface area contributed by atoms with Gasteiger partial charge < -0.3 is 16.0 Å². The second-order valence-electron chi connectivity index (χ2n) is 5.72. The van der Waals surface area contributed by atoms with Crippen LogP contribution >= 0.6 is 11.6 Å². The van der Waals surface area contributed by atoms with Crippen LogP contribution in [0.1, 0.15) is 16.7 Å². The van der Waals surface area contributed by atoms with Crippen LogP contribution in [-0.2, 0) is 23.4 Å². The number of amides is 1. The highest BCUT2D eigenvalue weighted by atomic mass is 35.5. The predicted octanol–water partition coefficient (Wildman–Crippen LogP) is 2.73. The summed E-state index contributed by atoms with van der Waals surface area (Å²) in [7, 11) is 0. The Hall–Kier alpha value is -2.55. The highest BCUT2D eigenvalue weighted by Crippen LogP contribution is 2.40. The van der Waals surface area contributed by atoms with E-state index in [0.717, 1.165) is 18.8 Å². The van der Waals surface area contributed by atoms with Gasteiger partial charge in [-0.1, -0.05) is 17.7 Å². The molecule has 0 saturated heterocycles. The third kappa shape index (κ3) is 2.07. The van der Waals surface area contributed by atoms with Crippen LogP contribution in [-0.4, -0.2) is 5.91 Å². The lowest BCUT2D eigenvalue weighted by atomic mass is 9.92. The van der Waals surface area contributed by atoms with Crippen LogP contribution in [0.3, 0.4) is 0 Å². The Morgan fingerprint density at radius 3 is 2.83 bits per heavy atom. The van der Waals surface area contributed by atoms with E-state index >= 15 is 0 Å². The minimum absolute atomic E-state index is 0.393. The van der Waals surface area contributed by atoms with Gasteiger partial charge in [0.05, 0.1) is 0 Å². The summed E-state index contributed by atoms with van der Waals surface area (Å²) in [5.74, 6) is -0.393. The number of carbonyl (C=O) groups is 1. The van der Waals surface area contributed by atoms with Gasteiger partial charge in [0.15, 0.2) is 0 Å². The molecule has 2 aromatic rings. The van der Waals surface area contributed by atoms with E-state index in [4.69, 9.17) is 11.6 Å². The number of carbonyl (C=O) groups excluding carboxylic acids is 1. The van der Waals surface area contributed by atoms with Crippen molar-refractivity contribution in [3.8, 4) is 6.07 Å². The Morgan fingerprint density at radius 1 is 1.17 bits per heavy atom. The highest BCUT2D eigenvalue weighted by molar-refractivity contribution is 6.31.